The molecule has 168 valence electrons. The fourth-order valence-corrected chi connectivity index (χ4v) is 3.70. The van der Waals surface area contributed by atoms with Gasteiger partial charge in [-0.15, -0.1) is 0 Å². The number of hydrogen-bond acceptors (Lipinski definition) is 5. The van der Waals surface area contributed by atoms with E-state index in [-0.39, 0.29) is 17.7 Å². The van der Waals surface area contributed by atoms with Gasteiger partial charge in [-0.3, -0.25) is 9.59 Å². The molecule has 1 aliphatic heterocycles. The standard InChI is InChI=1S/C25H29N3O4/c1-18(2)24(32-22-10-5-4-8-20(22)17-26)25(30)28-13-11-27(12-14-28)23(29)16-19-7-6-9-21(15-19)31-3/h4-10,15,18,24H,11-14,16H2,1-3H3. The molecule has 2 amide bonds. The summed E-state index contributed by atoms with van der Waals surface area (Å²) in [6.45, 7) is 5.71. The molecule has 32 heavy (non-hydrogen) atoms. The minimum absolute atomic E-state index is 0.0324. The summed E-state index contributed by atoms with van der Waals surface area (Å²) in [6, 6.07) is 16.5. The fraction of sp³-hybridized carbons (Fsp3) is 0.400. The second-order valence-corrected chi connectivity index (χ2v) is 8.12. The van der Waals surface area contributed by atoms with E-state index in [2.05, 4.69) is 6.07 Å². The lowest BCUT2D eigenvalue weighted by Gasteiger charge is -2.37. The topological polar surface area (TPSA) is 82.9 Å². The van der Waals surface area contributed by atoms with Crippen molar-refractivity contribution in [2.45, 2.75) is 26.4 Å². The highest BCUT2D eigenvalue weighted by atomic mass is 16.5. The Morgan fingerprint density at radius 1 is 1.03 bits per heavy atom. The molecular formula is C25H29N3O4. The van der Waals surface area contributed by atoms with Gasteiger partial charge in [0.1, 0.15) is 17.6 Å². The quantitative estimate of drug-likeness (QED) is 0.668. The molecule has 1 heterocycles. The molecule has 0 spiro atoms. The maximum Gasteiger partial charge on any atom is 0.264 e. The number of ether oxygens (including phenoxy) is 2. The summed E-state index contributed by atoms with van der Waals surface area (Å²) in [5.74, 6) is 0.983. The number of methoxy groups -OCH3 is 1. The summed E-state index contributed by atoms with van der Waals surface area (Å²) in [7, 11) is 1.60. The molecule has 1 unspecified atom stereocenters. The molecule has 0 aromatic heterocycles. The smallest absolute Gasteiger partial charge is 0.264 e. The molecule has 1 atom stereocenters. The SMILES string of the molecule is COc1cccc(CC(=O)N2CCN(C(=O)C(Oc3ccccc3C#N)C(C)C)CC2)c1. The van der Waals surface area contributed by atoms with Crippen molar-refractivity contribution in [2.24, 2.45) is 5.92 Å². The van der Waals surface area contributed by atoms with Crippen LogP contribution in [0, 0.1) is 17.2 Å². The normalized spacial score (nSPS) is 14.6. The Kier molecular flexibility index (Phi) is 7.72. The molecule has 2 aromatic rings. The zero-order chi connectivity index (χ0) is 23.1. The van der Waals surface area contributed by atoms with Crippen LogP contribution in [0.3, 0.4) is 0 Å². The van der Waals surface area contributed by atoms with E-state index in [9.17, 15) is 14.9 Å². The zero-order valence-electron chi connectivity index (χ0n) is 18.8. The van der Waals surface area contributed by atoms with E-state index in [0.29, 0.717) is 43.9 Å². The Bertz CT molecular complexity index is 991. The monoisotopic (exact) mass is 435 g/mol. The minimum Gasteiger partial charge on any atom is -0.497 e. The number of para-hydroxylation sites is 1. The van der Waals surface area contributed by atoms with Crippen molar-refractivity contribution >= 4 is 11.8 Å². The number of piperazine rings is 1. The molecule has 0 N–H and O–H groups in total. The summed E-state index contributed by atoms with van der Waals surface area (Å²) in [6.07, 6.45) is -0.392. The van der Waals surface area contributed by atoms with Crippen LogP contribution in [0.1, 0.15) is 25.0 Å². The van der Waals surface area contributed by atoms with Crippen LogP contribution < -0.4 is 9.47 Å². The first-order chi connectivity index (χ1) is 15.4. The van der Waals surface area contributed by atoms with Crippen LogP contribution in [0.5, 0.6) is 11.5 Å². The Labute approximate surface area is 189 Å². The molecule has 2 aromatic carbocycles. The molecule has 7 nitrogen and oxygen atoms in total. The van der Waals surface area contributed by atoms with E-state index >= 15 is 0 Å². The predicted octanol–water partition coefficient (Wildman–Crippen LogP) is 2.88. The number of rotatable bonds is 7. The van der Waals surface area contributed by atoms with Gasteiger partial charge in [0.05, 0.1) is 19.1 Å². The van der Waals surface area contributed by atoms with Gasteiger partial charge in [0.15, 0.2) is 6.10 Å². The van der Waals surface area contributed by atoms with E-state index < -0.39 is 6.10 Å². The van der Waals surface area contributed by atoms with Crippen LogP contribution in [0.25, 0.3) is 0 Å². The lowest BCUT2D eigenvalue weighted by atomic mass is 10.0. The van der Waals surface area contributed by atoms with Gasteiger partial charge in [-0.05, 0) is 35.7 Å². The zero-order valence-corrected chi connectivity index (χ0v) is 18.8. The third-order valence-corrected chi connectivity index (χ3v) is 5.54. The minimum atomic E-state index is -0.691. The van der Waals surface area contributed by atoms with E-state index in [1.165, 1.54) is 0 Å². The van der Waals surface area contributed by atoms with Crippen LogP contribution in [0.4, 0.5) is 0 Å². The first kappa shape index (κ1) is 23.1. The second kappa shape index (κ2) is 10.7. The third kappa shape index (κ3) is 5.58. The highest BCUT2D eigenvalue weighted by molar-refractivity contribution is 5.83. The number of benzene rings is 2. The third-order valence-electron chi connectivity index (χ3n) is 5.54. The molecule has 7 heteroatoms. The van der Waals surface area contributed by atoms with Crippen LogP contribution in [0.2, 0.25) is 0 Å². The summed E-state index contributed by atoms with van der Waals surface area (Å²) in [5.41, 5.74) is 1.30. The van der Waals surface area contributed by atoms with Gasteiger partial charge >= 0.3 is 0 Å². The average Bonchev–Trinajstić information content (AvgIpc) is 2.82. The van der Waals surface area contributed by atoms with Gasteiger partial charge < -0.3 is 19.3 Å². The Balaban J connectivity index is 1.59. The Morgan fingerprint density at radius 2 is 1.72 bits per heavy atom. The van der Waals surface area contributed by atoms with E-state index in [1.807, 2.05) is 38.1 Å². The van der Waals surface area contributed by atoms with Gasteiger partial charge in [0.2, 0.25) is 5.91 Å². The van der Waals surface area contributed by atoms with Gasteiger partial charge in [-0.2, -0.15) is 5.26 Å². The number of carbonyl (C=O) groups excluding carboxylic acids is 2. The molecule has 0 saturated carbocycles. The van der Waals surface area contributed by atoms with Gasteiger partial charge in [0, 0.05) is 26.2 Å². The number of nitriles is 1. The van der Waals surface area contributed by atoms with Crippen LogP contribution in [-0.2, 0) is 16.0 Å². The lowest BCUT2D eigenvalue weighted by Crippen LogP contribution is -2.54. The molecule has 0 bridgehead atoms. The summed E-state index contributed by atoms with van der Waals surface area (Å²) in [5, 5.41) is 9.30. The lowest BCUT2D eigenvalue weighted by molar-refractivity contribution is -0.145. The van der Waals surface area contributed by atoms with Gasteiger partial charge in [-0.1, -0.05) is 38.1 Å². The molecule has 3 rings (SSSR count). The van der Waals surface area contributed by atoms with E-state index in [0.717, 1.165) is 11.3 Å². The van der Waals surface area contributed by atoms with Crippen molar-refractivity contribution in [3.63, 3.8) is 0 Å². The fourth-order valence-electron chi connectivity index (χ4n) is 3.70. The largest absolute Gasteiger partial charge is 0.497 e. The summed E-state index contributed by atoms with van der Waals surface area (Å²) < 4.78 is 11.2. The maximum absolute atomic E-state index is 13.2. The highest BCUT2D eigenvalue weighted by Crippen LogP contribution is 2.22. The maximum atomic E-state index is 13.2. The summed E-state index contributed by atoms with van der Waals surface area (Å²) >= 11 is 0. The molecule has 0 aliphatic carbocycles. The van der Waals surface area contributed by atoms with Crippen LogP contribution in [0.15, 0.2) is 48.5 Å². The molecule has 1 saturated heterocycles. The molecule has 1 fully saturated rings. The molecule has 1 aliphatic rings. The predicted molar refractivity (Wildman–Crippen MR) is 120 cm³/mol. The Hall–Kier alpha value is -3.53. The summed E-state index contributed by atoms with van der Waals surface area (Å²) in [4.78, 5) is 29.4. The highest BCUT2D eigenvalue weighted by Gasteiger charge is 2.32. The average molecular weight is 436 g/mol. The molecule has 0 radical (unpaired) electrons. The van der Waals surface area contributed by atoms with Crippen molar-refractivity contribution in [1.82, 2.24) is 9.80 Å². The van der Waals surface area contributed by atoms with E-state index in [1.54, 1.807) is 41.2 Å². The van der Waals surface area contributed by atoms with Crippen molar-refractivity contribution in [3.05, 3.63) is 59.7 Å². The number of amides is 2. The van der Waals surface area contributed by atoms with Crippen molar-refractivity contribution < 1.29 is 19.1 Å². The first-order valence-corrected chi connectivity index (χ1v) is 10.8. The van der Waals surface area contributed by atoms with Gasteiger partial charge in [0.25, 0.3) is 5.91 Å². The number of nitrogens with zero attached hydrogens (tertiary/aromatic N) is 3. The van der Waals surface area contributed by atoms with Gasteiger partial charge in [-0.25, -0.2) is 0 Å². The van der Waals surface area contributed by atoms with E-state index in [4.69, 9.17) is 9.47 Å². The number of carbonyl (C=O) groups is 2. The molecular weight excluding hydrogens is 406 g/mol. The number of hydrogen-bond donors (Lipinski definition) is 0. The van der Waals surface area contributed by atoms with Crippen molar-refractivity contribution in [3.8, 4) is 17.6 Å². The van der Waals surface area contributed by atoms with Crippen LogP contribution in [-0.4, -0.2) is 61.0 Å². The van der Waals surface area contributed by atoms with Crippen LogP contribution >= 0.6 is 0 Å². The van der Waals surface area contributed by atoms with Crippen molar-refractivity contribution in [1.29, 1.82) is 5.26 Å². The first-order valence-electron chi connectivity index (χ1n) is 10.8. The Morgan fingerprint density at radius 3 is 2.38 bits per heavy atom. The second-order valence-electron chi connectivity index (χ2n) is 8.12. The van der Waals surface area contributed by atoms with Crippen molar-refractivity contribution in [2.75, 3.05) is 33.3 Å².